The van der Waals surface area contributed by atoms with E-state index >= 15 is 0 Å². The van der Waals surface area contributed by atoms with Gasteiger partial charge in [-0.1, -0.05) is 0 Å². The van der Waals surface area contributed by atoms with Crippen molar-refractivity contribution in [2.24, 2.45) is 0 Å². The number of esters is 1. The third kappa shape index (κ3) is 3.55. The van der Waals surface area contributed by atoms with E-state index in [9.17, 15) is 14.0 Å². The zero-order valence-electron chi connectivity index (χ0n) is 10.6. The third-order valence-electron chi connectivity index (χ3n) is 2.42. The van der Waals surface area contributed by atoms with Crippen LogP contribution in [0.1, 0.15) is 29.8 Å². The number of nitrogens with one attached hydrogen (secondary N) is 1. The van der Waals surface area contributed by atoms with Gasteiger partial charge in [0.2, 0.25) is 0 Å². The number of benzene rings is 1. The minimum atomic E-state index is -0.734. The van der Waals surface area contributed by atoms with Crippen molar-refractivity contribution in [2.75, 3.05) is 6.61 Å². The van der Waals surface area contributed by atoms with Crippen LogP contribution in [0, 0.1) is 12.7 Å². The van der Waals surface area contributed by atoms with Crippen LogP contribution in [-0.4, -0.2) is 24.5 Å². The molecule has 0 aliphatic carbocycles. The Balaban J connectivity index is 2.73. The number of halogens is 1. The van der Waals surface area contributed by atoms with Crippen LogP contribution in [0.5, 0.6) is 0 Å². The van der Waals surface area contributed by atoms with E-state index in [4.69, 9.17) is 4.74 Å². The summed E-state index contributed by atoms with van der Waals surface area (Å²) in [5, 5.41) is 2.51. The van der Waals surface area contributed by atoms with E-state index in [1.54, 1.807) is 13.8 Å². The van der Waals surface area contributed by atoms with Gasteiger partial charge in [0, 0.05) is 5.56 Å². The lowest BCUT2D eigenvalue weighted by Gasteiger charge is -2.13. The van der Waals surface area contributed by atoms with Gasteiger partial charge < -0.3 is 10.1 Å². The van der Waals surface area contributed by atoms with Crippen molar-refractivity contribution >= 4 is 11.9 Å². The Morgan fingerprint density at radius 3 is 2.67 bits per heavy atom. The van der Waals surface area contributed by atoms with Crippen LogP contribution in [0.4, 0.5) is 4.39 Å². The van der Waals surface area contributed by atoms with Crippen molar-refractivity contribution in [1.82, 2.24) is 5.32 Å². The molecule has 0 fully saturated rings. The maximum absolute atomic E-state index is 12.9. The summed E-state index contributed by atoms with van der Waals surface area (Å²) in [4.78, 5) is 23.2. The molecule has 0 bridgehead atoms. The zero-order valence-corrected chi connectivity index (χ0v) is 10.6. The highest BCUT2D eigenvalue weighted by Crippen LogP contribution is 2.10. The second-order valence-corrected chi connectivity index (χ2v) is 3.91. The fourth-order valence-electron chi connectivity index (χ4n) is 1.48. The van der Waals surface area contributed by atoms with Crippen molar-refractivity contribution in [2.45, 2.75) is 26.8 Å². The number of hydrogen-bond acceptors (Lipinski definition) is 3. The highest BCUT2D eigenvalue weighted by atomic mass is 19.1. The van der Waals surface area contributed by atoms with Gasteiger partial charge in [0.25, 0.3) is 5.91 Å². The fourth-order valence-corrected chi connectivity index (χ4v) is 1.48. The summed E-state index contributed by atoms with van der Waals surface area (Å²) < 4.78 is 17.7. The molecule has 1 aromatic rings. The average Bonchev–Trinajstić information content (AvgIpc) is 2.28. The van der Waals surface area contributed by atoms with Crippen LogP contribution in [0.15, 0.2) is 18.2 Å². The summed E-state index contributed by atoms with van der Waals surface area (Å²) in [6, 6.07) is 3.13. The van der Waals surface area contributed by atoms with Gasteiger partial charge in [0.05, 0.1) is 6.61 Å². The Labute approximate surface area is 105 Å². The number of carbonyl (C=O) groups is 2. The summed E-state index contributed by atoms with van der Waals surface area (Å²) >= 11 is 0. The summed E-state index contributed by atoms with van der Waals surface area (Å²) in [5.74, 6) is -1.32. The van der Waals surface area contributed by atoms with Crippen molar-refractivity contribution < 1.29 is 18.7 Å². The monoisotopic (exact) mass is 253 g/mol. The van der Waals surface area contributed by atoms with Gasteiger partial charge in [-0.2, -0.15) is 0 Å². The number of aryl methyl sites for hydroxylation is 1. The van der Waals surface area contributed by atoms with Crippen LogP contribution in [0.3, 0.4) is 0 Å². The van der Waals surface area contributed by atoms with Gasteiger partial charge in [-0.3, -0.25) is 4.79 Å². The van der Waals surface area contributed by atoms with Crippen LogP contribution in [0.25, 0.3) is 0 Å². The largest absolute Gasteiger partial charge is 0.464 e. The molecule has 5 heteroatoms. The summed E-state index contributed by atoms with van der Waals surface area (Å²) in [6.45, 7) is 5.12. The molecule has 18 heavy (non-hydrogen) atoms. The molecule has 0 radical (unpaired) electrons. The first-order valence-electron chi connectivity index (χ1n) is 5.69. The molecule has 1 atom stereocenters. The molecule has 0 saturated carbocycles. The first-order valence-corrected chi connectivity index (χ1v) is 5.69. The highest BCUT2D eigenvalue weighted by Gasteiger charge is 2.18. The van der Waals surface area contributed by atoms with Crippen molar-refractivity contribution in [3.63, 3.8) is 0 Å². The number of rotatable bonds is 4. The quantitative estimate of drug-likeness (QED) is 0.833. The van der Waals surface area contributed by atoms with Crippen molar-refractivity contribution in [3.05, 3.63) is 35.1 Å². The summed E-state index contributed by atoms with van der Waals surface area (Å²) in [6.07, 6.45) is 0. The van der Waals surface area contributed by atoms with Gasteiger partial charge in [0.1, 0.15) is 11.9 Å². The topological polar surface area (TPSA) is 55.4 Å². The van der Waals surface area contributed by atoms with E-state index in [-0.39, 0.29) is 6.61 Å². The number of amides is 1. The van der Waals surface area contributed by atoms with E-state index in [1.807, 2.05) is 0 Å². The average molecular weight is 253 g/mol. The van der Waals surface area contributed by atoms with E-state index in [1.165, 1.54) is 25.1 Å². The van der Waals surface area contributed by atoms with E-state index in [0.717, 1.165) is 0 Å². The Morgan fingerprint density at radius 2 is 2.11 bits per heavy atom. The lowest BCUT2D eigenvalue weighted by Crippen LogP contribution is -2.39. The maximum Gasteiger partial charge on any atom is 0.328 e. The normalized spacial score (nSPS) is 11.8. The van der Waals surface area contributed by atoms with Gasteiger partial charge >= 0.3 is 5.97 Å². The van der Waals surface area contributed by atoms with Gasteiger partial charge in [-0.15, -0.1) is 0 Å². The van der Waals surface area contributed by atoms with E-state index in [0.29, 0.717) is 11.1 Å². The Hall–Kier alpha value is -1.91. The van der Waals surface area contributed by atoms with Crippen LogP contribution < -0.4 is 5.32 Å². The molecule has 1 unspecified atom stereocenters. The summed E-state index contributed by atoms with van der Waals surface area (Å²) in [5.41, 5.74) is 0.858. The number of hydrogen-bond donors (Lipinski definition) is 1. The molecular weight excluding hydrogens is 237 g/mol. The number of carbonyl (C=O) groups excluding carboxylic acids is 2. The van der Waals surface area contributed by atoms with Crippen LogP contribution >= 0.6 is 0 Å². The molecule has 4 nitrogen and oxygen atoms in total. The van der Waals surface area contributed by atoms with Gasteiger partial charge in [-0.25, -0.2) is 9.18 Å². The lowest BCUT2D eigenvalue weighted by molar-refractivity contribution is -0.144. The SMILES string of the molecule is CCOC(=O)C(C)NC(=O)c1ccc(F)cc1C. The third-order valence-corrected chi connectivity index (χ3v) is 2.42. The number of ether oxygens (including phenoxy) is 1. The molecule has 0 spiro atoms. The minimum Gasteiger partial charge on any atom is -0.464 e. The van der Waals surface area contributed by atoms with Crippen LogP contribution in [-0.2, 0) is 9.53 Å². The Morgan fingerprint density at radius 1 is 1.44 bits per heavy atom. The summed E-state index contributed by atoms with van der Waals surface area (Å²) in [7, 11) is 0. The fraction of sp³-hybridized carbons (Fsp3) is 0.385. The molecule has 0 aliphatic rings. The second kappa shape index (κ2) is 6.14. The second-order valence-electron chi connectivity index (χ2n) is 3.91. The Bertz CT molecular complexity index is 460. The predicted octanol–water partition coefficient (Wildman–Crippen LogP) is 1.82. The smallest absolute Gasteiger partial charge is 0.328 e. The van der Waals surface area contributed by atoms with Crippen molar-refractivity contribution in [1.29, 1.82) is 0 Å². The van der Waals surface area contributed by atoms with Crippen molar-refractivity contribution in [3.8, 4) is 0 Å². The molecule has 0 heterocycles. The molecule has 1 rings (SSSR count). The molecule has 1 amide bonds. The highest BCUT2D eigenvalue weighted by molar-refractivity contribution is 5.97. The lowest BCUT2D eigenvalue weighted by atomic mass is 10.1. The molecule has 0 aromatic heterocycles. The van der Waals surface area contributed by atoms with Gasteiger partial charge in [0.15, 0.2) is 0 Å². The standard InChI is InChI=1S/C13H16FNO3/c1-4-18-13(17)9(3)15-12(16)11-6-5-10(14)7-8(11)2/h5-7,9H,4H2,1-3H3,(H,15,16). The van der Waals surface area contributed by atoms with E-state index < -0.39 is 23.7 Å². The predicted molar refractivity (Wildman–Crippen MR) is 64.7 cm³/mol. The molecule has 1 aromatic carbocycles. The Kier molecular flexibility index (Phi) is 4.83. The van der Waals surface area contributed by atoms with Gasteiger partial charge in [-0.05, 0) is 44.5 Å². The maximum atomic E-state index is 12.9. The molecule has 1 N–H and O–H groups in total. The molecule has 0 saturated heterocycles. The van der Waals surface area contributed by atoms with Crippen LogP contribution in [0.2, 0.25) is 0 Å². The minimum absolute atomic E-state index is 0.259. The zero-order chi connectivity index (χ0) is 13.7. The molecule has 98 valence electrons. The first-order chi connectivity index (χ1) is 8.45. The van der Waals surface area contributed by atoms with E-state index in [2.05, 4.69) is 5.32 Å². The molecule has 0 aliphatic heterocycles. The molecular formula is C13H16FNO3. The first kappa shape index (κ1) is 14.2.